The molecule has 0 saturated carbocycles. The molecule has 0 radical (unpaired) electrons. The maximum absolute atomic E-state index is 12.7. The zero-order chi connectivity index (χ0) is 16.3. The number of aromatic nitrogens is 1. The van der Waals surface area contributed by atoms with Crippen LogP contribution >= 0.6 is 0 Å². The Hall–Kier alpha value is -2.64. The number of hydrogen-bond donors (Lipinski definition) is 1. The maximum Gasteiger partial charge on any atom is 0.421 e. The first kappa shape index (κ1) is 15.7. The molecule has 1 aromatic heterocycles. The molecule has 0 atom stereocenters. The summed E-state index contributed by atoms with van der Waals surface area (Å²) in [6.07, 6.45) is -3.70. The molecule has 116 valence electrons. The van der Waals surface area contributed by atoms with E-state index in [0.717, 1.165) is 24.4 Å². The molecule has 0 aliphatic carbocycles. The first-order chi connectivity index (χ1) is 10.3. The van der Waals surface area contributed by atoms with Crippen LogP contribution in [0.25, 0.3) is 0 Å². The summed E-state index contributed by atoms with van der Waals surface area (Å²) in [5.74, 6) is -1.19. The molecule has 8 heteroatoms. The third-order valence-electron chi connectivity index (χ3n) is 2.77. The summed E-state index contributed by atoms with van der Waals surface area (Å²) in [5, 5.41) is 2.36. The molecule has 0 spiro atoms. The van der Waals surface area contributed by atoms with Crippen LogP contribution in [0.3, 0.4) is 0 Å². The van der Waals surface area contributed by atoms with Crippen LogP contribution in [0.1, 0.15) is 5.56 Å². The van der Waals surface area contributed by atoms with Gasteiger partial charge < -0.3 is 9.88 Å². The van der Waals surface area contributed by atoms with Crippen LogP contribution in [0.5, 0.6) is 0 Å². The molecule has 0 saturated heterocycles. The molecular formula is C14H10F4N2O2. The van der Waals surface area contributed by atoms with E-state index in [1.54, 1.807) is 0 Å². The predicted molar refractivity (Wildman–Crippen MR) is 70.7 cm³/mol. The minimum atomic E-state index is -4.78. The lowest BCUT2D eigenvalue weighted by Gasteiger charge is -2.10. The number of nitrogens with one attached hydrogen (secondary N) is 1. The normalized spacial score (nSPS) is 11.3. The Balaban J connectivity index is 2.15. The molecule has 1 heterocycles. The number of amides is 1. The minimum Gasteiger partial charge on any atom is -0.325 e. The van der Waals surface area contributed by atoms with E-state index in [0.29, 0.717) is 10.6 Å². The minimum absolute atomic E-state index is 0.270. The van der Waals surface area contributed by atoms with E-state index in [2.05, 4.69) is 5.32 Å². The van der Waals surface area contributed by atoms with Crippen molar-refractivity contribution in [3.05, 3.63) is 64.3 Å². The van der Waals surface area contributed by atoms with Gasteiger partial charge in [0.1, 0.15) is 17.9 Å². The van der Waals surface area contributed by atoms with E-state index >= 15 is 0 Å². The van der Waals surface area contributed by atoms with Crippen molar-refractivity contribution in [3.8, 4) is 0 Å². The highest BCUT2D eigenvalue weighted by Gasteiger charge is 2.34. The van der Waals surface area contributed by atoms with Crippen molar-refractivity contribution in [2.75, 3.05) is 5.32 Å². The fourth-order valence-electron chi connectivity index (χ4n) is 1.77. The molecule has 22 heavy (non-hydrogen) atoms. The van der Waals surface area contributed by atoms with Crippen LogP contribution < -0.4 is 10.9 Å². The molecule has 0 unspecified atom stereocenters. The van der Waals surface area contributed by atoms with E-state index < -0.39 is 35.6 Å². The number of halogens is 4. The third kappa shape index (κ3) is 3.72. The van der Waals surface area contributed by atoms with Crippen molar-refractivity contribution in [2.45, 2.75) is 12.7 Å². The number of carbonyl (C=O) groups excluding carboxylic acids is 1. The van der Waals surface area contributed by atoms with Gasteiger partial charge in [0.2, 0.25) is 5.91 Å². The largest absolute Gasteiger partial charge is 0.421 e. The van der Waals surface area contributed by atoms with Gasteiger partial charge in [0.15, 0.2) is 0 Å². The van der Waals surface area contributed by atoms with Crippen LogP contribution in [0, 0.1) is 5.82 Å². The summed E-state index contributed by atoms with van der Waals surface area (Å²) in [6, 6.07) is 6.51. The molecule has 4 nitrogen and oxygen atoms in total. The van der Waals surface area contributed by atoms with Gasteiger partial charge in [-0.25, -0.2) is 4.39 Å². The number of nitrogens with zero attached hydrogens (tertiary/aromatic N) is 1. The van der Waals surface area contributed by atoms with Crippen molar-refractivity contribution in [3.63, 3.8) is 0 Å². The predicted octanol–water partition coefficient (Wildman–Crippen LogP) is 2.64. The number of alkyl halides is 3. The Morgan fingerprint density at radius 2 is 1.77 bits per heavy atom. The first-order valence-corrected chi connectivity index (χ1v) is 6.09. The smallest absolute Gasteiger partial charge is 0.325 e. The average Bonchev–Trinajstić information content (AvgIpc) is 2.42. The van der Waals surface area contributed by atoms with Crippen molar-refractivity contribution in [1.29, 1.82) is 0 Å². The van der Waals surface area contributed by atoms with Gasteiger partial charge in [0.05, 0.1) is 0 Å². The third-order valence-corrected chi connectivity index (χ3v) is 2.77. The summed E-state index contributed by atoms with van der Waals surface area (Å²) in [6.45, 7) is -0.583. The molecule has 0 aliphatic heterocycles. The fourth-order valence-corrected chi connectivity index (χ4v) is 1.77. The summed E-state index contributed by atoms with van der Waals surface area (Å²) < 4.78 is 51.2. The molecule has 1 aromatic carbocycles. The number of hydrogen-bond acceptors (Lipinski definition) is 2. The first-order valence-electron chi connectivity index (χ1n) is 6.09. The van der Waals surface area contributed by atoms with E-state index in [-0.39, 0.29) is 5.69 Å². The van der Waals surface area contributed by atoms with E-state index in [9.17, 15) is 27.2 Å². The monoisotopic (exact) mass is 314 g/mol. The van der Waals surface area contributed by atoms with Crippen LogP contribution in [0.15, 0.2) is 47.4 Å². The molecule has 1 N–H and O–H groups in total. The number of rotatable bonds is 3. The van der Waals surface area contributed by atoms with E-state index in [1.165, 1.54) is 12.1 Å². The van der Waals surface area contributed by atoms with Gasteiger partial charge in [-0.1, -0.05) is 0 Å². The molecule has 0 aliphatic rings. The summed E-state index contributed by atoms with van der Waals surface area (Å²) in [7, 11) is 0. The van der Waals surface area contributed by atoms with Gasteiger partial charge in [-0.15, -0.1) is 0 Å². The van der Waals surface area contributed by atoms with Gasteiger partial charge in [0.25, 0.3) is 5.56 Å². The Morgan fingerprint density at radius 1 is 1.14 bits per heavy atom. The van der Waals surface area contributed by atoms with Crippen molar-refractivity contribution in [1.82, 2.24) is 4.57 Å². The van der Waals surface area contributed by atoms with Crippen LogP contribution in [-0.4, -0.2) is 10.5 Å². The summed E-state index contributed by atoms with van der Waals surface area (Å²) >= 11 is 0. The number of anilines is 1. The van der Waals surface area contributed by atoms with Gasteiger partial charge in [-0.05, 0) is 36.4 Å². The zero-order valence-electron chi connectivity index (χ0n) is 11.0. The topological polar surface area (TPSA) is 51.1 Å². The quantitative estimate of drug-likeness (QED) is 0.886. The van der Waals surface area contributed by atoms with Crippen LogP contribution in [0.4, 0.5) is 23.2 Å². The van der Waals surface area contributed by atoms with E-state index in [1.807, 2.05) is 0 Å². The van der Waals surface area contributed by atoms with Gasteiger partial charge >= 0.3 is 6.18 Å². The van der Waals surface area contributed by atoms with Gasteiger partial charge in [-0.2, -0.15) is 13.2 Å². The highest BCUT2D eigenvalue weighted by Crippen LogP contribution is 2.25. The van der Waals surface area contributed by atoms with E-state index in [4.69, 9.17) is 0 Å². The van der Waals surface area contributed by atoms with Gasteiger partial charge in [0, 0.05) is 11.9 Å². The molecule has 2 aromatic rings. The number of pyridine rings is 1. The maximum atomic E-state index is 12.7. The average molecular weight is 314 g/mol. The van der Waals surface area contributed by atoms with Crippen molar-refractivity contribution < 1.29 is 22.4 Å². The molecule has 2 rings (SSSR count). The van der Waals surface area contributed by atoms with Gasteiger partial charge in [-0.3, -0.25) is 9.59 Å². The SMILES string of the molecule is O=C(Cn1cccc(C(F)(F)F)c1=O)Nc1ccc(F)cc1. The highest BCUT2D eigenvalue weighted by molar-refractivity contribution is 5.90. The molecular weight excluding hydrogens is 304 g/mol. The Bertz CT molecular complexity index is 736. The lowest BCUT2D eigenvalue weighted by atomic mass is 10.2. The number of carbonyl (C=O) groups is 1. The van der Waals surface area contributed by atoms with Crippen molar-refractivity contribution >= 4 is 11.6 Å². The molecule has 0 bridgehead atoms. The lowest BCUT2D eigenvalue weighted by Crippen LogP contribution is -2.31. The van der Waals surface area contributed by atoms with Crippen LogP contribution in [0.2, 0.25) is 0 Å². The highest BCUT2D eigenvalue weighted by atomic mass is 19.4. The summed E-state index contributed by atoms with van der Waals surface area (Å²) in [5.41, 5.74) is -2.37. The Morgan fingerprint density at radius 3 is 2.36 bits per heavy atom. The number of benzene rings is 1. The van der Waals surface area contributed by atoms with Crippen molar-refractivity contribution in [2.24, 2.45) is 0 Å². The fraction of sp³-hybridized carbons (Fsp3) is 0.143. The second-order valence-electron chi connectivity index (χ2n) is 4.41. The van der Waals surface area contributed by atoms with Crippen LogP contribution in [-0.2, 0) is 17.5 Å². The lowest BCUT2D eigenvalue weighted by molar-refractivity contribution is -0.139. The second kappa shape index (κ2) is 6.00. The Kier molecular flexibility index (Phi) is 4.30. The summed E-state index contributed by atoms with van der Waals surface area (Å²) in [4.78, 5) is 23.4. The Labute approximate surface area is 122 Å². The second-order valence-corrected chi connectivity index (χ2v) is 4.41. The molecule has 0 fully saturated rings. The standard InChI is InChI=1S/C14H10F4N2O2/c15-9-3-5-10(6-4-9)19-12(21)8-20-7-1-2-11(13(20)22)14(16,17)18/h1-7H,8H2,(H,19,21). The molecule has 1 amide bonds. The zero-order valence-corrected chi connectivity index (χ0v) is 11.0.